The Hall–Kier alpha value is -2.28. The number of nitrogens with zero attached hydrogens (tertiary/aromatic N) is 3. The fraction of sp³-hybridized carbons (Fsp3) is 0.412. The van der Waals surface area contributed by atoms with E-state index in [1.807, 2.05) is 25.1 Å². The van der Waals surface area contributed by atoms with Gasteiger partial charge < -0.3 is 19.3 Å². The number of esters is 1. The standard InChI is InChI=1S/C17H21N3O3S/c1-12-15(16(21)23-3)24-17(18-12)20-10-8-19(9-11-20)13-6-4-5-7-14(13)22-2/h4-7H,8-11H2,1-3H3. The zero-order chi connectivity index (χ0) is 17.1. The van der Waals surface area contributed by atoms with Crippen molar-refractivity contribution in [3.63, 3.8) is 0 Å². The lowest BCUT2D eigenvalue weighted by Crippen LogP contribution is -2.46. The van der Waals surface area contributed by atoms with Crippen LogP contribution < -0.4 is 14.5 Å². The van der Waals surface area contributed by atoms with E-state index in [-0.39, 0.29) is 5.97 Å². The first kappa shape index (κ1) is 16.6. The molecule has 7 heteroatoms. The van der Waals surface area contributed by atoms with Gasteiger partial charge in [-0.25, -0.2) is 9.78 Å². The molecule has 2 heterocycles. The molecule has 3 rings (SSSR count). The molecular formula is C17H21N3O3S. The molecule has 24 heavy (non-hydrogen) atoms. The molecule has 0 atom stereocenters. The molecule has 2 aromatic rings. The molecule has 0 radical (unpaired) electrons. The van der Waals surface area contributed by atoms with Gasteiger partial charge in [0, 0.05) is 26.2 Å². The number of thiazole rings is 1. The summed E-state index contributed by atoms with van der Waals surface area (Å²) in [4.78, 5) is 21.4. The van der Waals surface area contributed by atoms with Crippen LogP contribution in [-0.4, -0.2) is 51.4 Å². The summed E-state index contributed by atoms with van der Waals surface area (Å²) >= 11 is 1.40. The van der Waals surface area contributed by atoms with E-state index in [4.69, 9.17) is 9.47 Å². The van der Waals surface area contributed by atoms with Crippen molar-refractivity contribution in [1.82, 2.24) is 4.98 Å². The zero-order valence-electron chi connectivity index (χ0n) is 14.1. The number of hydrogen-bond acceptors (Lipinski definition) is 7. The number of ether oxygens (including phenoxy) is 2. The van der Waals surface area contributed by atoms with Crippen LogP contribution in [0.25, 0.3) is 0 Å². The molecule has 0 saturated carbocycles. The van der Waals surface area contributed by atoms with Crippen molar-refractivity contribution in [2.45, 2.75) is 6.92 Å². The second kappa shape index (κ2) is 7.09. The molecular weight excluding hydrogens is 326 g/mol. The van der Waals surface area contributed by atoms with Gasteiger partial charge in [-0.15, -0.1) is 0 Å². The lowest BCUT2D eigenvalue weighted by Gasteiger charge is -2.36. The van der Waals surface area contributed by atoms with Gasteiger partial charge in [-0.05, 0) is 19.1 Å². The highest BCUT2D eigenvalue weighted by molar-refractivity contribution is 7.17. The summed E-state index contributed by atoms with van der Waals surface area (Å²) in [6.45, 7) is 5.31. The number of carbonyl (C=O) groups excluding carboxylic acids is 1. The SMILES string of the molecule is COC(=O)c1sc(N2CCN(c3ccccc3OC)CC2)nc1C. The Morgan fingerprint density at radius 1 is 1.12 bits per heavy atom. The summed E-state index contributed by atoms with van der Waals surface area (Å²) in [5, 5.41) is 0.882. The van der Waals surface area contributed by atoms with Gasteiger partial charge in [0.25, 0.3) is 0 Å². The van der Waals surface area contributed by atoms with Crippen LogP contribution >= 0.6 is 11.3 Å². The number of carbonyl (C=O) groups is 1. The first-order valence-electron chi connectivity index (χ1n) is 7.82. The van der Waals surface area contributed by atoms with Crippen LogP contribution in [0, 0.1) is 6.92 Å². The molecule has 1 aromatic heterocycles. The normalized spacial score (nSPS) is 14.6. The fourth-order valence-corrected chi connectivity index (χ4v) is 3.87. The van der Waals surface area contributed by atoms with E-state index in [2.05, 4.69) is 20.9 Å². The predicted octanol–water partition coefficient (Wildman–Crippen LogP) is 2.57. The fourth-order valence-electron chi connectivity index (χ4n) is 2.83. The van der Waals surface area contributed by atoms with Crippen molar-refractivity contribution in [1.29, 1.82) is 0 Å². The van der Waals surface area contributed by atoms with E-state index in [9.17, 15) is 4.79 Å². The van der Waals surface area contributed by atoms with Crippen molar-refractivity contribution >= 4 is 28.1 Å². The van der Waals surface area contributed by atoms with Crippen LogP contribution in [0.5, 0.6) is 5.75 Å². The second-order valence-electron chi connectivity index (χ2n) is 5.55. The summed E-state index contributed by atoms with van der Waals surface area (Å²) in [7, 11) is 3.09. The van der Waals surface area contributed by atoms with E-state index in [1.165, 1.54) is 18.4 Å². The van der Waals surface area contributed by atoms with E-state index < -0.39 is 0 Å². The minimum Gasteiger partial charge on any atom is -0.495 e. The molecule has 1 aromatic carbocycles. The Morgan fingerprint density at radius 2 is 1.79 bits per heavy atom. The van der Waals surface area contributed by atoms with Gasteiger partial charge in [-0.2, -0.15) is 0 Å². The molecule has 0 bridgehead atoms. The number of anilines is 2. The summed E-state index contributed by atoms with van der Waals surface area (Å²) < 4.78 is 10.3. The van der Waals surface area contributed by atoms with Crippen LogP contribution in [0.15, 0.2) is 24.3 Å². The number of piperazine rings is 1. The lowest BCUT2D eigenvalue weighted by molar-refractivity contribution is 0.0605. The monoisotopic (exact) mass is 347 g/mol. The summed E-state index contributed by atoms with van der Waals surface area (Å²) in [6, 6.07) is 8.06. The number of para-hydroxylation sites is 2. The molecule has 1 saturated heterocycles. The third kappa shape index (κ3) is 3.17. The van der Waals surface area contributed by atoms with Gasteiger partial charge in [0.05, 0.1) is 25.6 Å². The molecule has 128 valence electrons. The van der Waals surface area contributed by atoms with E-state index in [0.717, 1.165) is 48.4 Å². The minimum atomic E-state index is -0.316. The van der Waals surface area contributed by atoms with Crippen molar-refractivity contribution in [3.8, 4) is 5.75 Å². The maximum atomic E-state index is 11.7. The number of hydrogen-bond donors (Lipinski definition) is 0. The topological polar surface area (TPSA) is 54.9 Å². The second-order valence-corrected chi connectivity index (χ2v) is 6.53. The number of aryl methyl sites for hydroxylation is 1. The molecule has 1 fully saturated rings. The van der Waals surface area contributed by atoms with E-state index >= 15 is 0 Å². The lowest BCUT2D eigenvalue weighted by atomic mass is 10.2. The van der Waals surface area contributed by atoms with Crippen LogP contribution in [0.1, 0.15) is 15.4 Å². The van der Waals surface area contributed by atoms with Gasteiger partial charge in [0.1, 0.15) is 10.6 Å². The Morgan fingerprint density at radius 3 is 2.46 bits per heavy atom. The van der Waals surface area contributed by atoms with Gasteiger partial charge >= 0.3 is 5.97 Å². The van der Waals surface area contributed by atoms with Gasteiger partial charge in [-0.3, -0.25) is 0 Å². The maximum Gasteiger partial charge on any atom is 0.350 e. The number of aromatic nitrogens is 1. The van der Waals surface area contributed by atoms with Gasteiger partial charge in [0.15, 0.2) is 5.13 Å². The van der Waals surface area contributed by atoms with Gasteiger partial charge in [-0.1, -0.05) is 23.5 Å². The zero-order valence-corrected chi connectivity index (χ0v) is 14.9. The highest BCUT2D eigenvalue weighted by atomic mass is 32.1. The Bertz CT molecular complexity index is 724. The molecule has 6 nitrogen and oxygen atoms in total. The number of benzene rings is 1. The van der Waals surface area contributed by atoms with Gasteiger partial charge in [0.2, 0.25) is 0 Å². The third-order valence-electron chi connectivity index (χ3n) is 4.13. The van der Waals surface area contributed by atoms with Crippen molar-refractivity contribution < 1.29 is 14.3 Å². The third-order valence-corrected chi connectivity index (χ3v) is 5.33. The molecule has 1 aliphatic heterocycles. The highest BCUT2D eigenvalue weighted by Crippen LogP contribution is 2.31. The van der Waals surface area contributed by atoms with E-state index in [0.29, 0.717) is 4.88 Å². The molecule has 1 aliphatic rings. The van der Waals surface area contributed by atoms with Crippen LogP contribution in [0.3, 0.4) is 0 Å². The van der Waals surface area contributed by atoms with Crippen molar-refractivity contribution in [3.05, 3.63) is 34.8 Å². The largest absolute Gasteiger partial charge is 0.495 e. The summed E-state index contributed by atoms with van der Waals surface area (Å²) in [5.74, 6) is 0.577. The highest BCUT2D eigenvalue weighted by Gasteiger charge is 2.24. The molecule has 0 unspecified atom stereocenters. The van der Waals surface area contributed by atoms with Crippen LogP contribution in [-0.2, 0) is 4.74 Å². The Kier molecular flexibility index (Phi) is 4.89. The first-order chi connectivity index (χ1) is 11.6. The number of rotatable bonds is 4. The average Bonchev–Trinajstić information content (AvgIpc) is 3.03. The molecule has 0 amide bonds. The average molecular weight is 347 g/mol. The van der Waals surface area contributed by atoms with Crippen LogP contribution in [0.2, 0.25) is 0 Å². The maximum absolute atomic E-state index is 11.7. The molecule has 0 aliphatic carbocycles. The Labute approximate surface area is 145 Å². The molecule has 0 N–H and O–H groups in total. The van der Waals surface area contributed by atoms with Crippen molar-refractivity contribution in [2.75, 3.05) is 50.2 Å². The molecule has 0 spiro atoms. The smallest absolute Gasteiger partial charge is 0.350 e. The minimum absolute atomic E-state index is 0.316. The van der Waals surface area contributed by atoms with Crippen LogP contribution in [0.4, 0.5) is 10.8 Å². The summed E-state index contributed by atoms with van der Waals surface area (Å²) in [5.41, 5.74) is 1.85. The summed E-state index contributed by atoms with van der Waals surface area (Å²) in [6.07, 6.45) is 0. The quantitative estimate of drug-likeness (QED) is 0.793. The van der Waals surface area contributed by atoms with E-state index in [1.54, 1.807) is 7.11 Å². The Balaban J connectivity index is 1.70. The van der Waals surface area contributed by atoms with Crippen molar-refractivity contribution in [2.24, 2.45) is 0 Å². The first-order valence-corrected chi connectivity index (χ1v) is 8.64. The predicted molar refractivity (Wildman–Crippen MR) is 95.6 cm³/mol. The number of methoxy groups -OCH3 is 2.